The van der Waals surface area contributed by atoms with E-state index in [1.54, 1.807) is 0 Å². The van der Waals surface area contributed by atoms with Crippen LogP contribution in [0.2, 0.25) is 0 Å². The van der Waals surface area contributed by atoms with Gasteiger partial charge in [0.2, 0.25) is 0 Å². The molecule has 0 radical (unpaired) electrons. The summed E-state index contributed by atoms with van der Waals surface area (Å²) < 4.78 is 0. The highest BCUT2D eigenvalue weighted by molar-refractivity contribution is 4.95. The summed E-state index contributed by atoms with van der Waals surface area (Å²) in [6, 6.07) is 0. The van der Waals surface area contributed by atoms with Crippen molar-refractivity contribution in [2.45, 2.75) is 51.2 Å². The minimum atomic E-state index is -0.616. The van der Waals surface area contributed by atoms with Gasteiger partial charge in [0.05, 0.1) is 11.7 Å². The molecule has 1 aliphatic rings. The molecule has 84 valence electrons. The first-order chi connectivity index (χ1) is 6.62. The van der Waals surface area contributed by atoms with Crippen molar-refractivity contribution >= 4 is 0 Å². The van der Waals surface area contributed by atoms with Crippen molar-refractivity contribution in [2.24, 2.45) is 5.92 Å². The Morgan fingerprint density at radius 2 is 2.07 bits per heavy atom. The second-order valence-corrected chi connectivity index (χ2v) is 4.40. The van der Waals surface area contributed by atoms with Gasteiger partial charge in [0, 0.05) is 13.0 Å². The average molecular weight is 201 g/mol. The molecule has 0 bridgehead atoms. The molecule has 0 saturated heterocycles. The summed E-state index contributed by atoms with van der Waals surface area (Å²) in [7, 11) is 0. The Hall–Kier alpha value is -0.120. The predicted octanol–water partition coefficient (Wildman–Crippen LogP) is 0.898. The van der Waals surface area contributed by atoms with Gasteiger partial charge in [0.15, 0.2) is 0 Å². The first-order valence-corrected chi connectivity index (χ1v) is 5.73. The van der Waals surface area contributed by atoms with Gasteiger partial charge in [-0.15, -0.1) is 0 Å². The molecule has 0 aliphatic heterocycles. The highest BCUT2D eigenvalue weighted by Crippen LogP contribution is 2.43. The minimum Gasteiger partial charge on any atom is -0.392 e. The molecule has 14 heavy (non-hydrogen) atoms. The molecule has 3 N–H and O–H groups in total. The van der Waals surface area contributed by atoms with Gasteiger partial charge < -0.3 is 15.5 Å². The third kappa shape index (κ3) is 3.23. The molecule has 1 rings (SSSR count). The Morgan fingerprint density at radius 1 is 1.43 bits per heavy atom. The molecular formula is C11H23NO2. The number of hydrogen-bond donors (Lipinski definition) is 3. The van der Waals surface area contributed by atoms with Gasteiger partial charge in [-0.3, -0.25) is 0 Å². The van der Waals surface area contributed by atoms with Gasteiger partial charge in [-0.2, -0.15) is 0 Å². The van der Waals surface area contributed by atoms with Gasteiger partial charge >= 0.3 is 0 Å². The van der Waals surface area contributed by atoms with Crippen LogP contribution in [-0.4, -0.2) is 35.0 Å². The fraction of sp³-hybridized carbons (Fsp3) is 1.00. The van der Waals surface area contributed by atoms with Gasteiger partial charge in [-0.25, -0.2) is 0 Å². The zero-order chi connectivity index (χ0) is 10.6. The van der Waals surface area contributed by atoms with Crippen LogP contribution in [0.15, 0.2) is 0 Å². The number of aliphatic hydroxyl groups is 2. The van der Waals surface area contributed by atoms with Gasteiger partial charge in [0.1, 0.15) is 0 Å². The highest BCUT2D eigenvalue weighted by atomic mass is 16.3. The maximum Gasteiger partial charge on any atom is 0.0698 e. The second kappa shape index (κ2) is 5.10. The normalized spacial score (nSPS) is 23.1. The van der Waals surface area contributed by atoms with Crippen molar-refractivity contribution in [3.8, 4) is 0 Å². The van der Waals surface area contributed by atoms with Crippen LogP contribution in [0.25, 0.3) is 0 Å². The Labute approximate surface area is 86.5 Å². The molecule has 3 nitrogen and oxygen atoms in total. The molecule has 0 aromatic rings. The Bertz CT molecular complexity index is 171. The van der Waals surface area contributed by atoms with Crippen LogP contribution in [0.3, 0.4) is 0 Å². The molecule has 0 heterocycles. The number of aliphatic hydroxyl groups excluding tert-OH is 1. The zero-order valence-electron chi connectivity index (χ0n) is 9.29. The van der Waals surface area contributed by atoms with Crippen molar-refractivity contribution in [2.75, 3.05) is 13.1 Å². The van der Waals surface area contributed by atoms with E-state index < -0.39 is 11.7 Å². The zero-order valence-corrected chi connectivity index (χ0v) is 9.29. The lowest BCUT2D eigenvalue weighted by molar-refractivity contribution is -0.0308. The van der Waals surface area contributed by atoms with E-state index in [0.29, 0.717) is 18.9 Å². The lowest BCUT2D eigenvalue weighted by Gasteiger charge is -2.29. The fourth-order valence-corrected chi connectivity index (χ4v) is 2.01. The Kier molecular flexibility index (Phi) is 4.35. The van der Waals surface area contributed by atoms with Crippen molar-refractivity contribution in [1.82, 2.24) is 5.32 Å². The van der Waals surface area contributed by atoms with Crippen LogP contribution < -0.4 is 5.32 Å². The van der Waals surface area contributed by atoms with Crippen LogP contribution >= 0.6 is 0 Å². The molecule has 1 aliphatic carbocycles. The van der Waals surface area contributed by atoms with E-state index in [-0.39, 0.29) is 0 Å². The van der Waals surface area contributed by atoms with Gasteiger partial charge in [-0.1, -0.05) is 13.8 Å². The van der Waals surface area contributed by atoms with E-state index in [1.165, 1.54) is 0 Å². The molecule has 3 heteroatoms. The Balaban J connectivity index is 2.31. The van der Waals surface area contributed by atoms with Crippen LogP contribution in [0.4, 0.5) is 0 Å². The second-order valence-electron chi connectivity index (χ2n) is 4.40. The third-order valence-electron chi connectivity index (χ3n) is 3.17. The molecule has 1 fully saturated rings. The van der Waals surface area contributed by atoms with Crippen LogP contribution in [-0.2, 0) is 0 Å². The maximum atomic E-state index is 10.2. The van der Waals surface area contributed by atoms with Crippen LogP contribution in [0.1, 0.15) is 39.5 Å². The molecule has 0 aromatic heterocycles. The molecule has 0 unspecified atom stereocenters. The Morgan fingerprint density at radius 3 is 2.50 bits per heavy atom. The van der Waals surface area contributed by atoms with E-state index in [4.69, 9.17) is 0 Å². The minimum absolute atomic E-state index is 0.416. The van der Waals surface area contributed by atoms with Crippen molar-refractivity contribution in [1.29, 1.82) is 0 Å². The number of nitrogens with one attached hydrogen (secondary N) is 1. The molecule has 0 amide bonds. The average Bonchev–Trinajstić information content (AvgIpc) is 2.97. The smallest absolute Gasteiger partial charge is 0.0698 e. The van der Waals surface area contributed by atoms with Crippen molar-refractivity contribution in [3.05, 3.63) is 0 Å². The van der Waals surface area contributed by atoms with E-state index in [0.717, 1.165) is 25.8 Å². The highest BCUT2D eigenvalue weighted by Gasteiger charge is 2.43. The molecule has 0 aromatic carbocycles. The van der Waals surface area contributed by atoms with Crippen LogP contribution in [0.5, 0.6) is 0 Å². The largest absolute Gasteiger partial charge is 0.392 e. The lowest BCUT2D eigenvalue weighted by atomic mass is 9.88. The maximum absolute atomic E-state index is 10.2. The van der Waals surface area contributed by atoms with E-state index in [2.05, 4.69) is 5.32 Å². The molecular weight excluding hydrogens is 178 g/mol. The monoisotopic (exact) mass is 201 g/mol. The van der Waals surface area contributed by atoms with Crippen molar-refractivity contribution < 1.29 is 10.2 Å². The fourth-order valence-electron chi connectivity index (χ4n) is 2.01. The van der Waals surface area contributed by atoms with E-state index in [9.17, 15) is 10.2 Å². The number of hydrogen-bond acceptors (Lipinski definition) is 3. The quantitative estimate of drug-likeness (QED) is 0.573. The molecule has 1 saturated carbocycles. The van der Waals surface area contributed by atoms with E-state index in [1.807, 2.05) is 13.8 Å². The number of likely N-dealkylation sites (N-methyl/N-ethyl adjacent to an activating group) is 1. The van der Waals surface area contributed by atoms with E-state index >= 15 is 0 Å². The summed E-state index contributed by atoms with van der Waals surface area (Å²) >= 11 is 0. The topological polar surface area (TPSA) is 52.5 Å². The van der Waals surface area contributed by atoms with Crippen molar-refractivity contribution in [3.63, 3.8) is 0 Å². The van der Waals surface area contributed by atoms with Crippen LogP contribution in [0, 0.1) is 5.92 Å². The summed E-state index contributed by atoms with van der Waals surface area (Å²) in [6.45, 7) is 5.47. The number of rotatable bonds is 7. The summed E-state index contributed by atoms with van der Waals surface area (Å²) in [5.74, 6) is 0.434. The first kappa shape index (κ1) is 12.0. The lowest BCUT2D eigenvalue weighted by Crippen LogP contribution is -2.39. The first-order valence-electron chi connectivity index (χ1n) is 5.73. The predicted molar refractivity (Wildman–Crippen MR) is 57.1 cm³/mol. The summed E-state index contributed by atoms with van der Waals surface area (Å²) in [4.78, 5) is 0. The standard InChI is InChI=1S/C11H23NO2/c1-3-11(14,9-5-6-9)7-10(13)8-12-4-2/h9-10,12-14H,3-8H2,1-2H3/t10-,11+/m1/s1. The SMILES string of the molecule is CCNC[C@H](O)C[C@@](O)(CC)C1CC1. The molecule has 2 atom stereocenters. The van der Waals surface area contributed by atoms with Gasteiger partial charge in [-0.05, 0) is 31.7 Å². The van der Waals surface area contributed by atoms with Gasteiger partial charge in [0.25, 0.3) is 0 Å². The third-order valence-corrected chi connectivity index (χ3v) is 3.17. The summed E-state index contributed by atoms with van der Waals surface area (Å²) in [6.07, 6.45) is 3.10. The summed E-state index contributed by atoms with van der Waals surface area (Å²) in [5.41, 5.74) is -0.616. The summed E-state index contributed by atoms with van der Waals surface area (Å²) in [5, 5.41) is 23.0. The molecule has 0 spiro atoms.